The zero-order valence-corrected chi connectivity index (χ0v) is 11.5. The summed E-state index contributed by atoms with van der Waals surface area (Å²) in [6, 6.07) is 3.05. The highest BCUT2D eigenvalue weighted by Gasteiger charge is 2.28. The maximum absolute atomic E-state index is 14.1. The smallest absolute Gasteiger partial charge is 0.284 e. The third-order valence-electron chi connectivity index (χ3n) is 3.62. The molecule has 1 amide bonds. The fourth-order valence-corrected chi connectivity index (χ4v) is 2.41. The molecule has 0 bridgehead atoms. The summed E-state index contributed by atoms with van der Waals surface area (Å²) < 4.78 is 26.7. The van der Waals surface area contributed by atoms with Crippen molar-refractivity contribution in [1.82, 2.24) is 20.7 Å². The molecule has 1 aromatic heterocycles. The Balaban J connectivity index is 1.66. The fourth-order valence-electron chi connectivity index (χ4n) is 2.41. The van der Waals surface area contributed by atoms with E-state index in [-0.39, 0.29) is 18.8 Å². The largest absolute Gasteiger partial charge is 0.365 e. The number of hydrogen-bond donors (Lipinski definition) is 2. The molecule has 0 unspecified atom stereocenters. The van der Waals surface area contributed by atoms with E-state index in [2.05, 4.69) is 15.7 Å². The quantitative estimate of drug-likeness (QED) is 0.765. The number of alkyl halides is 1. The van der Waals surface area contributed by atoms with Gasteiger partial charge in [-0.05, 0) is 12.1 Å². The van der Waals surface area contributed by atoms with E-state index in [0.717, 1.165) is 13.1 Å². The minimum atomic E-state index is -0.912. The molecule has 0 radical (unpaired) electrons. The molecule has 0 saturated carbocycles. The highest BCUT2D eigenvalue weighted by Crippen LogP contribution is 2.18. The molecular weight excluding hydrogens is 280 g/mol. The average molecular weight is 297 g/mol. The number of pyridine rings is 1. The van der Waals surface area contributed by atoms with E-state index >= 15 is 0 Å². The number of carbonyl (C=O) groups is 1. The first kappa shape index (κ1) is 14.2. The second kappa shape index (κ2) is 5.90. The number of nitrogens with one attached hydrogen (secondary N) is 2. The molecule has 0 aromatic carbocycles. The van der Waals surface area contributed by atoms with Crippen LogP contribution in [0.25, 0.3) is 0 Å². The number of halogens is 2. The van der Waals surface area contributed by atoms with Gasteiger partial charge >= 0.3 is 0 Å². The second-order valence-electron chi connectivity index (χ2n) is 5.19. The number of nitrogens with zero attached hydrogens (tertiary/aromatic N) is 3. The molecule has 0 aliphatic carbocycles. The molecule has 2 N–H and O–H groups in total. The zero-order valence-electron chi connectivity index (χ0n) is 11.5. The Morgan fingerprint density at radius 3 is 2.67 bits per heavy atom. The Morgan fingerprint density at radius 2 is 2.05 bits per heavy atom. The SMILES string of the molecule is O=C(NN1CC(F)C1)c1ccc(N2CCNCC2)c(F)n1. The predicted octanol–water partition coefficient (Wildman–Crippen LogP) is -0.0712. The van der Waals surface area contributed by atoms with E-state index < -0.39 is 18.0 Å². The molecule has 0 atom stereocenters. The van der Waals surface area contributed by atoms with Crippen molar-refractivity contribution in [3.05, 3.63) is 23.8 Å². The lowest BCUT2D eigenvalue weighted by Crippen LogP contribution is -2.57. The fraction of sp³-hybridized carbons (Fsp3) is 0.538. The van der Waals surface area contributed by atoms with Crippen LogP contribution in [-0.4, -0.2) is 61.3 Å². The maximum atomic E-state index is 14.1. The van der Waals surface area contributed by atoms with Crippen molar-refractivity contribution < 1.29 is 13.6 Å². The number of piperazine rings is 1. The van der Waals surface area contributed by atoms with Crippen LogP contribution in [0.5, 0.6) is 0 Å². The Labute approximate surface area is 121 Å². The van der Waals surface area contributed by atoms with Crippen LogP contribution < -0.4 is 15.6 Å². The normalized spacial score (nSPS) is 20.2. The Bertz CT molecular complexity index is 529. The molecule has 2 fully saturated rings. The topological polar surface area (TPSA) is 60.5 Å². The van der Waals surface area contributed by atoms with Gasteiger partial charge in [0.05, 0.1) is 18.8 Å². The minimum absolute atomic E-state index is 0.00584. The first-order valence-electron chi connectivity index (χ1n) is 6.95. The van der Waals surface area contributed by atoms with Gasteiger partial charge in [-0.1, -0.05) is 0 Å². The molecule has 8 heteroatoms. The minimum Gasteiger partial charge on any atom is -0.365 e. The van der Waals surface area contributed by atoms with Crippen molar-refractivity contribution in [2.45, 2.75) is 6.17 Å². The molecule has 2 aliphatic heterocycles. The summed E-state index contributed by atoms with van der Waals surface area (Å²) >= 11 is 0. The van der Waals surface area contributed by atoms with E-state index in [1.54, 1.807) is 6.07 Å². The standard InChI is InChI=1S/C13H17F2N5O/c14-9-7-20(8-9)18-13(21)10-1-2-11(12(15)17-10)19-5-3-16-4-6-19/h1-2,9,16H,3-8H2,(H,18,21). The van der Waals surface area contributed by atoms with Gasteiger partial charge in [-0.25, -0.2) is 14.4 Å². The van der Waals surface area contributed by atoms with Gasteiger partial charge in [0.1, 0.15) is 11.9 Å². The lowest BCUT2D eigenvalue weighted by Gasteiger charge is -2.34. The van der Waals surface area contributed by atoms with E-state index in [1.165, 1.54) is 11.1 Å². The molecule has 3 heterocycles. The summed E-state index contributed by atoms with van der Waals surface area (Å²) in [5.74, 6) is -1.18. The Hall–Kier alpha value is -1.80. The Kier molecular flexibility index (Phi) is 3.98. The van der Waals surface area contributed by atoms with Gasteiger partial charge in [0.15, 0.2) is 0 Å². The van der Waals surface area contributed by atoms with Crippen molar-refractivity contribution in [3.63, 3.8) is 0 Å². The van der Waals surface area contributed by atoms with Crippen LogP contribution in [0.15, 0.2) is 12.1 Å². The maximum Gasteiger partial charge on any atom is 0.284 e. The van der Waals surface area contributed by atoms with Crippen molar-refractivity contribution in [2.75, 3.05) is 44.2 Å². The summed E-state index contributed by atoms with van der Waals surface area (Å²) in [6.45, 7) is 3.31. The third kappa shape index (κ3) is 3.11. The molecule has 2 aliphatic rings. The van der Waals surface area contributed by atoms with Crippen molar-refractivity contribution in [2.24, 2.45) is 0 Å². The molecule has 6 nitrogen and oxygen atoms in total. The molecule has 0 spiro atoms. The van der Waals surface area contributed by atoms with Crippen LogP contribution in [0.4, 0.5) is 14.5 Å². The van der Waals surface area contributed by atoms with Crippen LogP contribution in [-0.2, 0) is 0 Å². The lowest BCUT2D eigenvalue weighted by molar-refractivity contribution is 0.0189. The monoisotopic (exact) mass is 297 g/mol. The second-order valence-corrected chi connectivity index (χ2v) is 5.19. The van der Waals surface area contributed by atoms with Gasteiger partial charge in [0, 0.05) is 26.2 Å². The summed E-state index contributed by atoms with van der Waals surface area (Å²) in [5.41, 5.74) is 2.89. The number of carbonyl (C=O) groups excluding carboxylic acids is 1. The number of anilines is 1. The van der Waals surface area contributed by atoms with Crippen LogP contribution in [0, 0.1) is 5.95 Å². The molecule has 21 heavy (non-hydrogen) atoms. The van der Waals surface area contributed by atoms with Crippen LogP contribution in [0.1, 0.15) is 10.5 Å². The van der Waals surface area contributed by atoms with Gasteiger partial charge < -0.3 is 10.2 Å². The number of aromatic nitrogens is 1. The average Bonchev–Trinajstić information content (AvgIpc) is 2.46. The van der Waals surface area contributed by atoms with Crippen LogP contribution >= 0.6 is 0 Å². The van der Waals surface area contributed by atoms with Crippen molar-refractivity contribution in [3.8, 4) is 0 Å². The lowest BCUT2D eigenvalue weighted by atomic mass is 10.2. The molecule has 114 valence electrons. The van der Waals surface area contributed by atoms with Crippen LogP contribution in [0.2, 0.25) is 0 Å². The van der Waals surface area contributed by atoms with Crippen molar-refractivity contribution >= 4 is 11.6 Å². The Morgan fingerprint density at radius 1 is 1.33 bits per heavy atom. The van der Waals surface area contributed by atoms with Gasteiger partial charge in [-0.3, -0.25) is 10.2 Å². The summed E-state index contributed by atoms with van der Waals surface area (Å²) in [4.78, 5) is 17.5. The number of hydrogen-bond acceptors (Lipinski definition) is 5. The van der Waals surface area contributed by atoms with E-state index in [0.29, 0.717) is 18.8 Å². The van der Waals surface area contributed by atoms with E-state index in [9.17, 15) is 13.6 Å². The predicted molar refractivity (Wildman–Crippen MR) is 73.2 cm³/mol. The number of hydrazine groups is 1. The molecule has 3 rings (SSSR count). The molecule has 1 aromatic rings. The van der Waals surface area contributed by atoms with Gasteiger partial charge in [-0.15, -0.1) is 0 Å². The van der Waals surface area contributed by atoms with Crippen LogP contribution in [0.3, 0.4) is 0 Å². The molecular formula is C13H17F2N5O. The highest BCUT2D eigenvalue weighted by molar-refractivity contribution is 5.92. The molecule has 2 saturated heterocycles. The summed E-state index contributed by atoms with van der Waals surface area (Å²) in [6.07, 6.45) is -0.912. The van der Waals surface area contributed by atoms with E-state index in [4.69, 9.17) is 0 Å². The summed E-state index contributed by atoms with van der Waals surface area (Å²) in [5, 5.41) is 4.63. The first-order chi connectivity index (χ1) is 10.1. The van der Waals surface area contributed by atoms with Gasteiger partial charge in [0.25, 0.3) is 5.91 Å². The third-order valence-corrected chi connectivity index (χ3v) is 3.62. The first-order valence-corrected chi connectivity index (χ1v) is 6.95. The summed E-state index contributed by atoms with van der Waals surface area (Å²) in [7, 11) is 0. The van der Waals surface area contributed by atoms with Crippen molar-refractivity contribution in [1.29, 1.82) is 0 Å². The van der Waals surface area contributed by atoms with E-state index in [1.807, 2.05) is 4.90 Å². The van der Waals surface area contributed by atoms with Gasteiger partial charge in [0.2, 0.25) is 5.95 Å². The van der Waals surface area contributed by atoms with Gasteiger partial charge in [-0.2, -0.15) is 4.39 Å². The highest BCUT2D eigenvalue weighted by atomic mass is 19.1. The number of rotatable bonds is 3. The zero-order chi connectivity index (χ0) is 14.8. The number of amides is 1.